The molecule has 0 aliphatic heterocycles. The molecule has 0 heterocycles. The summed E-state index contributed by atoms with van der Waals surface area (Å²) in [6, 6.07) is 0. The van der Waals surface area contributed by atoms with Crippen molar-refractivity contribution in [1.29, 1.82) is 0 Å². The van der Waals surface area contributed by atoms with Crippen molar-refractivity contribution in [3.05, 3.63) is 14.6 Å². The van der Waals surface area contributed by atoms with E-state index >= 15 is 0 Å². The van der Waals surface area contributed by atoms with E-state index in [1.54, 1.807) is 0 Å². The molecule has 0 bridgehead atoms. The van der Waals surface area contributed by atoms with Gasteiger partial charge in [0, 0.05) is 13.6 Å². The van der Waals surface area contributed by atoms with E-state index in [0.717, 1.165) is 28.7 Å². The summed E-state index contributed by atoms with van der Waals surface area (Å²) in [6.07, 6.45) is 2.45. The summed E-state index contributed by atoms with van der Waals surface area (Å²) in [6.45, 7) is 13.4. The Labute approximate surface area is 134 Å². The van der Waals surface area contributed by atoms with Crippen molar-refractivity contribution >= 4 is 30.1 Å². The van der Waals surface area contributed by atoms with E-state index in [4.69, 9.17) is 24.4 Å². The molecule has 0 fully saturated rings. The monoisotopic (exact) mass is 312 g/mol. The van der Waals surface area contributed by atoms with E-state index in [2.05, 4.69) is 44.5 Å². The Hall–Kier alpha value is -0.320. The minimum absolute atomic E-state index is 0.474. The normalized spacial score (nSPS) is 11.8. The molecular weight excluding hydrogens is 284 g/mol. The van der Waals surface area contributed by atoms with Gasteiger partial charge in [-0.2, -0.15) is 0 Å². The molecule has 0 N–H and O–H groups in total. The molecule has 0 saturated heterocycles. The van der Waals surface area contributed by atoms with Crippen LogP contribution >= 0.6 is 24.4 Å². The van der Waals surface area contributed by atoms with Crippen LogP contribution in [0, 0.1) is 9.02 Å². The van der Waals surface area contributed by atoms with Gasteiger partial charge in [0.05, 0.1) is 14.7 Å². The maximum Gasteiger partial charge on any atom is 0.0798 e. The highest BCUT2D eigenvalue weighted by Crippen LogP contribution is 2.35. The second-order valence-electron chi connectivity index (χ2n) is 5.73. The first kappa shape index (κ1) is 17.7. The van der Waals surface area contributed by atoms with Crippen LogP contribution in [0.2, 0.25) is 0 Å². The Morgan fingerprint density at radius 3 is 2.00 bits per heavy atom. The average molecular weight is 313 g/mol. The Kier molecular flexibility index (Phi) is 7.27. The van der Waals surface area contributed by atoms with Crippen LogP contribution < -0.4 is 4.90 Å². The van der Waals surface area contributed by atoms with Gasteiger partial charge in [0.2, 0.25) is 0 Å². The molecule has 4 heteroatoms. The quantitative estimate of drug-likeness (QED) is 0.481. The van der Waals surface area contributed by atoms with Crippen LogP contribution in [0.4, 0.5) is 5.69 Å². The van der Waals surface area contributed by atoms with Gasteiger partial charge in [-0.25, -0.2) is 0 Å². The van der Waals surface area contributed by atoms with Gasteiger partial charge in [-0.3, -0.25) is 0 Å². The maximum absolute atomic E-state index is 5.41. The molecule has 114 valence electrons. The third-order valence-electron chi connectivity index (χ3n) is 3.99. The third-order valence-corrected chi connectivity index (χ3v) is 4.94. The molecule has 0 amide bonds. The molecule has 0 saturated carbocycles. The molecule has 20 heavy (non-hydrogen) atoms. The Balaban J connectivity index is 2.48. The summed E-state index contributed by atoms with van der Waals surface area (Å²) >= 11 is 10.8. The largest absolute Gasteiger partial charge is 0.373 e. The number of rotatable bonds is 9. The maximum atomic E-state index is 5.41. The van der Waals surface area contributed by atoms with Crippen LogP contribution in [-0.4, -0.2) is 38.1 Å². The third kappa shape index (κ3) is 4.09. The molecule has 1 rings (SSSR count). The number of nitrogens with zero attached hydrogens (tertiary/aromatic N) is 2. The first-order valence-corrected chi connectivity index (χ1v) is 8.52. The second-order valence-corrected chi connectivity index (χ2v) is 6.55. The van der Waals surface area contributed by atoms with Gasteiger partial charge in [0.15, 0.2) is 0 Å². The molecule has 0 unspecified atom stereocenters. The minimum Gasteiger partial charge on any atom is -0.373 e. The van der Waals surface area contributed by atoms with Gasteiger partial charge in [-0.05, 0) is 44.0 Å². The molecule has 0 aliphatic rings. The molecule has 1 aromatic carbocycles. The summed E-state index contributed by atoms with van der Waals surface area (Å²) in [7, 11) is 2.14. The molecule has 0 atom stereocenters. The van der Waals surface area contributed by atoms with Crippen LogP contribution in [-0.2, 0) is 0 Å². The molecule has 2 nitrogen and oxygen atoms in total. The lowest BCUT2D eigenvalue weighted by atomic mass is 9.96. The highest BCUT2D eigenvalue weighted by molar-refractivity contribution is 7.74. The fourth-order valence-corrected chi connectivity index (χ4v) is 3.45. The van der Waals surface area contributed by atoms with Crippen LogP contribution in [0.5, 0.6) is 0 Å². The predicted molar refractivity (Wildman–Crippen MR) is 94.9 cm³/mol. The van der Waals surface area contributed by atoms with Crippen molar-refractivity contribution in [2.24, 2.45) is 0 Å². The standard InChI is InChI=1S/C16H28N2S2/c1-6-18(7-2)11-9-8-10-17(5)14-13(12(3)4)15(19)16(14)20/h12H,6-11H2,1-5H3. The van der Waals surface area contributed by atoms with Crippen molar-refractivity contribution in [3.63, 3.8) is 0 Å². The Morgan fingerprint density at radius 1 is 0.950 bits per heavy atom. The van der Waals surface area contributed by atoms with E-state index in [0.29, 0.717) is 5.92 Å². The highest BCUT2D eigenvalue weighted by Gasteiger charge is 2.20. The van der Waals surface area contributed by atoms with Gasteiger partial charge in [0.25, 0.3) is 0 Å². The van der Waals surface area contributed by atoms with E-state index in [-0.39, 0.29) is 0 Å². The van der Waals surface area contributed by atoms with Crippen LogP contribution in [0.25, 0.3) is 0 Å². The van der Waals surface area contributed by atoms with Crippen molar-refractivity contribution in [2.75, 3.05) is 38.1 Å². The zero-order valence-corrected chi connectivity index (χ0v) is 15.2. The van der Waals surface area contributed by atoms with Crippen LogP contribution in [0.1, 0.15) is 52.0 Å². The van der Waals surface area contributed by atoms with Crippen molar-refractivity contribution in [2.45, 2.75) is 46.5 Å². The first-order valence-electron chi connectivity index (χ1n) is 7.70. The van der Waals surface area contributed by atoms with Gasteiger partial charge < -0.3 is 9.80 Å². The highest BCUT2D eigenvalue weighted by atomic mass is 32.1. The second kappa shape index (κ2) is 8.20. The fourth-order valence-electron chi connectivity index (χ4n) is 2.65. The number of hydrogen-bond donors (Lipinski definition) is 0. The van der Waals surface area contributed by atoms with Gasteiger partial charge in [-0.1, -0.05) is 52.1 Å². The molecule has 0 aromatic heterocycles. The zero-order chi connectivity index (χ0) is 15.3. The predicted octanol–water partition coefficient (Wildman–Crippen LogP) is 4.70. The molecule has 0 radical (unpaired) electrons. The van der Waals surface area contributed by atoms with Gasteiger partial charge >= 0.3 is 0 Å². The average Bonchev–Trinajstić information content (AvgIpc) is 2.42. The summed E-state index contributed by atoms with van der Waals surface area (Å²) in [4.78, 5) is 4.78. The summed E-state index contributed by atoms with van der Waals surface area (Å²) in [5.41, 5.74) is 2.51. The van der Waals surface area contributed by atoms with Crippen molar-refractivity contribution < 1.29 is 0 Å². The lowest BCUT2D eigenvalue weighted by Crippen LogP contribution is -2.26. The van der Waals surface area contributed by atoms with E-state index in [1.165, 1.54) is 30.6 Å². The molecular formula is C16H28N2S2. The summed E-state index contributed by atoms with van der Waals surface area (Å²) in [5, 5.41) is 0. The lowest BCUT2D eigenvalue weighted by Gasteiger charge is -2.27. The van der Waals surface area contributed by atoms with Gasteiger partial charge in [0.1, 0.15) is 0 Å². The minimum atomic E-state index is 0.474. The summed E-state index contributed by atoms with van der Waals surface area (Å²) in [5.74, 6) is 0.474. The molecule has 0 aliphatic carbocycles. The number of anilines is 1. The summed E-state index contributed by atoms with van der Waals surface area (Å²) < 4.78 is 1.81. The SMILES string of the molecule is CCN(CC)CCCCN(C)c1c(C(C)C)c(=S)c1=S. The van der Waals surface area contributed by atoms with E-state index < -0.39 is 0 Å². The number of hydrogen-bond acceptors (Lipinski definition) is 4. The van der Waals surface area contributed by atoms with E-state index in [9.17, 15) is 0 Å². The van der Waals surface area contributed by atoms with Crippen LogP contribution in [0.3, 0.4) is 0 Å². The zero-order valence-electron chi connectivity index (χ0n) is 13.5. The molecule has 1 aromatic rings. The Morgan fingerprint density at radius 2 is 1.50 bits per heavy atom. The first-order chi connectivity index (χ1) is 9.43. The van der Waals surface area contributed by atoms with Crippen molar-refractivity contribution in [1.82, 2.24) is 4.90 Å². The topological polar surface area (TPSA) is 6.48 Å². The molecule has 0 spiro atoms. The smallest absolute Gasteiger partial charge is 0.0798 e. The lowest BCUT2D eigenvalue weighted by molar-refractivity contribution is 0.297. The van der Waals surface area contributed by atoms with Crippen LogP contribution in [0.15, 0.2) is 0 Å². The van der Waals surface area contributed by atoms with Gasteiger partial charge in [-0.15, -0.1) is 0 Å². The number of unbranched alkanes of at least 4 members (excludes halogenated alkanes) is 1. The van der Waals surface area contributed by atoms with E-state index in [1.807, 2.05) is 0 Å². The Bertz CT molecular complexity index is 483. The van der Waals surface area contributed by atoms with Crippen molar-refractivity contribution in [3.8, 4) is 0 Å². The fraction of sp³-hybridized carbons (Fsp3) is 0.750.